The van der Waals surface area contributed by atoms with E-state index in [1.165, 1.54) is 19.2 Å². The number of esters is 1. The number of carbonyl (C=O) groups is 3. The van der Waals surface area contributed by atoms with E-state index >= 15 is 0 Å². The van der Waals surface area contributed by atoms with Crippen molar-refractivity contribution < 1.29 is 23.5 Å². The largest absolute Gasteiger partial charge is 0.468 e. The SMILES string of the molecule is COC(=O)C1(c2cc(CCC(=O)NC3CCNC3=O)c(-c3ccc(F)cc3)[nH]2)CC1. The van der Waals surface area contributed by atoms with Crippen LogP contribution in [-0.2, 0) is 31.0 Å². The molecule has 30 heavy (non-hydrogen) atoms. The number of methoxy groups -OCH3 is 1. The third kappa shape index (κ3) is 3.81. The maximum atomic E-state index is 13.4. The second-order valence-electron chi connectivity index (χ2n) is 7.86. The number of rotatable bonds is 7. The van der Waals surface area contributed by atoms with Crippen molar-refractivity contribution >= 4 is 17.8 Å². The van der Waals surface area contributed by atoms with Gasteiger partial charge in [0.2, 0.25) is 11.8 Å². The Balaban J connectivity index is 1.56. The van der Waals surface area contributed by atoms with Crippen molar-refractivity contribution in [1.29, 1.82) is 0 Å². The fourth-order valence-corrected chi connectivity index (χ4v) is 3.98. The maximum Gasteiger partial charge on any atom is 0.317 e. The summed E-state index contributed by atoms with van der Waals surface area (Å²) in [6.07, 6.45) is 2.59. The third-order valence-corrected chi connectivity index (χ3v) is 5.88. The molecular weight excluding hydrogens is 389 g/mol. The lowest BCUT2D eigenvalue weighted by Crippen LogP contribution is -2.40. The Hall–Kier alpha value is -3.16. The number of amides is 2. The number of hydrogen-bond acceptors (Lipinski definition) is 4. The van der Waals surface area contributed by atoms with Gasteiger partial charge in [-0.05, 0) is 67.1 Å². The Kier molecular flexibility index (Phi) is 5.32. The van der Waals surface area contributed by atoms with E-state index in [0.717, 1.165) is 22.5 Å². The van der Waals surface area contributed by atoms with Crippen LogP contribution in [0.25, 0.3) is 11.3 Å². The minimum absolute atomic E-state index is 0.159. The second-order valence-corrected chi connectivity index (χ2v) is 7.86. The van der Waals surface area contributed by atoms with E-state index in [4.69, 9.17) is 4.74 Å². The highest BCUT2D eigenvalue weighted by molar-refractivity contribution is 5.89. The van der Waals surface area contributed by atoms with E-state index < -0.39 is 11.5 Å². The van der Waals surface area contributed by atoms with Crippen LogP contribution in [0.15, 0.2) is 30.3 Å². The van der Waals surface area contributed by atoms with E-state index in [1.807, 2.05) is 6.07 Å². The zero-order valence-corrected chi connectivity index (χ0v) is 16.7. The molecule has 1 aliphatic carbocycles. The lowest BCUT2D eigenvalue weighted by molar-refractivity contribution is -0.143. The molecule has 158 valence electrons. The average molecular weight is 413 g/mol. The van der Waals surface area contributed by atoms with Crippen molar-refractivity contribution in [2.75, 3.05) is 13.7 Å². The highest BCUT2D eigenvalue weighted by Gasteiger charge is 2.54. The Morgan fingerprint density at radius 1 is 1.27 bits per heavy atom. The Labute approximate surface area is 173 Å². The molecule has 2 aromatic rings. The molecule has 1 aromatic carbocycles. The predicted molar refractivity (Wildman–Crippen MR) is 107 cm³/mol. The quantitative estimate of drug-likeness (QED) is 0.604. The molecule has 2 amide bonds. The van der Waals surface area contributed by atoms with Gasteiger partial charge in [-0.2, -0.15) is 0 Å². The molecule has 0 spiro atoms. The van der Waals surface area contributed by atoms with Crippen LogP contribution in [0.2, 0.25) is 0 Å². The van der Waals surface area contributed by atoms with E-state index in [1.54, 1.807) is 12.1 Å². The van der Waals surface area contributed by atoms with Crippen molar-refractivity contribution in [1.82, 2.24) is 15.6 Å². The van der Waals surface area contributed by atoms with Gasteiger partial charge in [-0.15, -0.1) is 0 Å². The molecule has 0 radical (unpaired) electrons. The van der Waals surface area contributed by atoms with Crippen molar-refractivity contribution in [3.8, 4) is 11.3 Å². The van der Waals surface area contributed by atoms with Gasteiger partial charge in [0.05, 0.1) is 7.11 Å². The lowest BCUT2D eigenvalue weighted by atomic mass is 10.0. The molecule has 1 aromatic heterocycles. The Morgan fingerprint density at radius 2 is 2.00 bits per heavy atom. The summed E-state index contributed by atoms with van der Waals surface area (Å²) in [6, 6.07) is 7.49. The summed E-state index contributed by atoms with van der Waals surface area (Å²) in [5.74, 6) is -0.993. The highest BCUT2D eigenvalue weighted by Crippen LogP contribution is 2.49. The van der Waals surface area contributed by atoms with Crippen LogP contribution in [0.1, 0.15) is 36.9 Å². The molecule has 1 saturated carbocycles. The Morgan fingerprint density at radius 3 is 2.60 bits per heavy atom. The minimum Gasteiger partial charge on any atom is -0.468 e. The number of aromatic amines is 1. The van der Waals surface area contributed by atoms with Crippen LogP contribution in [0.5, 0.6) is 0 Å². The van der Waals surface area contributed by atoms with Gasteiger partial charge in [-0.1, -0.05) is 0 Å². The first-order valence-electron chi connectivity index (χ1n) is 10.1. The number of ether oxygens (including phenoxy) is 1. The standard InChI is InChI=1S/C22H24FN3O4/c1-30-21(29)22(9-10-22)17-12-14(19(26-17)13-2-5-15(23)6-3-13)4-7-18(27)25-16-8-11-24-20(16)28/h2-3,5-6,12,16,26H,4,7-11H2,1H3,(H,24,28)(H,25,27). The topological polar surface area (TPSA) is 100 Å². The molecule has 1 aliphatic heterocycles. The zero-order chi connectivity index (χ0) is 21.3. The maximum absolute atomic E-state index is 13.4. The molecule has 1 saturated heterocycles. The van der Waals surface area contributed by atoms with E-state index in [2.05, 4.69) is 15.6 Å². The third-order valence-electron chi connectivity index (χ3n) is 5.88. The number of nitrogens with one attached hydrogen (secondary N) is 3. The molecule has 8 heteroatoms. The normalized spacial score (nSPS) is 19.3. The zero-order valence-electron chi connectivity index (χ0n) is 16.7. The summed E-state index contributed by atoms with van der Waals surface area (Å²) in [5.41, 5.74) is 2.46. The first-order chi connectivity index (χ1) is 14.4. The molecule has 1 unspecified atom stereocenters. The van der Waals surface area contributed by atoms with Gasteiger partial charge in [0, 0.05) is 24.4 Å². The smallest absolute Gasteiger partial charge is 0.317 e. The van der Waals surface area contributed by atoms with E-state index in [-0.39, 0.29) is 30.0 Å². The Bertz CT molecular complexity index is 979. The van der Waals surface area contributed by atoms with Crippen LogP contribution >= 0.6 is 0 Å². The van der Waals surface area contributed by atoms with Crippen LogP contribution in [-0.4, -0.2) is 42.5 Å². The summed E-state index contributed by atoms with van der Waals surface area (Å²) in [5, 5.41) is 5.45. The number of benzene rings is 1. The van der Waals surface area contributed by atoms with Gasteiger partial charge in [-0.3, -0.25) is 14.4 Å². The molecule has 1 atom stereocenters. The number of hydrogen-bond donors (Lipinski definition) is 3. The van der Waals surface area contributed by atoms with Crippen molar-refractivity contribution in [3.63, 3.8) is 0 Å². The summed E-state index contributed by atoms with van der Waals surface area (Å²) >= 11 is 0. The highest BCUT2D eigenvalue weighted by atomic mass is 19.1. The molecular formula is C22H24FN3O4. The first-order valence-corrected chi connectivity index (χ1v) is 10.1. The van der Waals surface area contributed by atoms with Gasteiger partial charge in [0.15, 0.2) is 0 Å². The van der Waals surface area contributed by atoms with Gasteiger partial charge >= 0.3 is 5.97 Å². The van der Waals surface area contributed by atoms with Crippen LogP contribution in [0.3, 0.4) is 0 Å². The lowest BCUT2D eigenvalue weighted by Gasteiger charge is -2.10. The molecule has 4 rings (SSSR count). The van der Waals surface area contributed by atoms with Crippen molar-refractivity contribution in [2.45, 2.75) is 43.6 Å². The summed E-state index contributed by atoms with van der Waals surface area (Å²) in [4.78, 5) is 39.6. The summed E-state index contributed by atoms with van der Waals surface area (Å²) < 4.78 is 18.4. The fraction of sp³-hybridized carbons (Fsp3) is 0.409. The molecule has 2 aliphatic rings. The van der Waals surface area contributed by atoms with Gasteiger partial charge in [0.1, 0.15) is 17.3 Å². The van der Waals surface area contributed by atoms with E-state index in [0.29, 0.717) is 32.2 Å². The van der Waals surface area contributed by atoms with Crippen LogP contribution in [0, 0.1) is 5.82 Å². The molecule has 2 fully saturated rings. The number of aromatic nitrogens is 1. The van der Waals surface area contributed by atoms with Gasteiger partial charge in [0.25, 0.3) is 0 Å². The molecule has 2 heterocycles. The van der Waals surface area contributed by atoms with Crippen LogP contribution in [0.4, 0.5) is 4.39 Å². The minimum atomic E-state index is -0.675. The second kappa shape index (κ2) is 7.93. The van der Waals surface area contributed by atoms with Crippen LogP contribution < -0.4 is 10.6 Å². The first kappa shape index (κ1) is 20.1. The molecule has 3 N–H and O–H groups in total. The average Bonchev–Trinajstić information content (AvgIpc) is 3.29. The molecule has 7 nitrogen and oxygen atoms in total. The number of carbonyl (C=O) groups excluding carboxylic acids is 3. The number of halogens is 1. The number of aryl methyl sites for hydroxylation is 1. The van der Waals surface area contributed by atoms with Gasteiger partial charge in [-0.25, -0.2) is 4.39 Å². The van der Waals surface area contributed by atoms with Crippen molar-refractivity contribution in [3.05, 3.63) is 47.4 Å². The fourth-order valence-electron chi connectivity index (χ4n) is 3.98. The van der Waals surface area contributed by atoms with Gasteiger partial charge < -0.3 is 20.4 Å². The monoisotopic (exact) mass is 413 g/mol. The summed E-state index contributed by atoms with van der Waals surface area (Å²) in [6.45, 7) is 0.565. The molecule has 0 bridgehead atoms. The number of H-pyrrole nitrogens is 1. The van der Waals surface area contributed by atoms with Crippen molar-refractivity contribution in [2.24, 2.45) is 0 Å². The predicted octanol–water partition coefficient (Wildman–Crippen LogP) is 1.96. The van der Waals surface area contributed by atoms with E-state index in [9.17, 15) is 18.8 Å². The summed E-state index contributed by atoms with van der Waals surface area (Å²) in [7, 11) is 1.37.